The van der Waals surface area contributed by atoms with Gasteiger partial charge in [-0.1, -0.05) is 13.8 Å². The van der Waals surface area contributed by atoms with Crippen molar-refractivity contribution in [1.29, 1.82) is 0 Å². The molecule has 1 aromatic carbocycles. The first kappa shape index (κ1) is 12.8. The van der Waals surface area contributed by atoms with Crippen LogP contribution in [0, 0.1) is 0 Å². The van der Waals surface area contributed by atoms with Crippen LogP contribution in [-0.2, 0) is 0 Å². The van der Waals surface area contributed by atoms with Crippen molar-refractivity contribution in [3.05, 3.63) is 24.3 Å². The van der Waals surface area contributed by atoms with Crippen LogP contribution in [0.4, 0.5) is 5.69 Å². The first-order valence-electron chi connectivity index (χ1n) is 6.48. The molecule has 17 heavy (non-hydrogen) atoms. The van der Waals surface area contributed by atoms with Crippen LogP contribution in [0.15, 0.2) is 29.2 Å². The molecule has 1 heterocycles. The molecule has 94 valence electrons. The minimum Gasteiger partial charge on any atom is -0.383 e. The molecule has 0 amide bonds. The van der Waals surface area contributed by atoms with E-state index in [9.17, 15) is 0 Å². The van der Waals surface area contributed by atoms with Gasteiger partial charge in [0, 0.05) is 28.4 Å². The SMILES string of the molecule is CC(C)Sc1ccc(NCC2CCCN2)cc1. The summed E-state index contributed by atoms with van der Waals surface area (Å²) in [5, 5.41) is 7.64. The third kappa shape index (κ3) is 4.25. The van der Waals surface area contributed by atoms with Crippen LogP contribution in [0.25, 0.3) is 0 Å². The van der Waals surface area contributed by atoms with Crippen LogP contribution in [0.1, 0.15) is 26.7 Å². The monoisotopic (exact) mass is 250 g/mol. The lowest BCUT2D eigenvalue weighted by molar-refractivity contribution is 0.633. The van der Waals surface area contributed by atoms with Crippen molar-refractivity contribution in [3.8, 4) is 0 Å². The summed E-state index contributed by atoms with van der Waals surface area (Å²) in [6.45, 7) is 6.66. The highest BCUT2D eigenvalue weighted by atomic mass is 32.2. The Morgan fingerprint density at radius 1 is 1.35 bits per heavy atom. The van der Waals surface area contributed by atoms with Gasteiger partial charge in [0.1, 0.15) is 0 Å². The fourth-order valence-corrected chi connectivity index (χ4v) is 2.93. The lowest BCUT2D eigenvalue weighted by Gasteiger charge is -2.13. The van der Waals surface area contributed by atoms with Gasteiger partial charge in [0.2, 0.25) is 0 Å². The van der Waals surface area contributed by atoms with Crippen LogP contribution in [0.2, 0.25) is 0 Å². The number of hydrogen-bond donors (Lipinski definition) is 2. The Hall–Kier alpha value is -0.670. The van der Waals surface area contributed by atoms with Gasteiger partial charge in [-0.15, -0.1) is 11.8 Å². The van der Waals surface area contributed by atoms with E-state index in [1.807, 2.05) is 11.8 Å². The standard InChI is InChI=1S/C14H22N2S/c1-11(2)17-14-7-5-12(6-8-14)16-10-13-4-3-9-15-13/h5-8,11,13,15-16H,3-4,9-10H2,1-2H3. The van der Waals surface area contributed by atoms with Gasteiger partial charge in [0.25, 0.3) is 0 Å². The average molecular weight is 250 g/mol. The van der Waals surface area contributed by atoms with E-state index >= 15 is 0 Å². The highest BCUT2D eigenvalue weighted by Crippen LogP contribution is 2.24. The molecule has 2 rings (SSSR count). The highest BCUT2D eigenvalue weighted by molar-refractivity contribution is 7.99. The van der Waals surface area contributed by atoms with Crippen LogP contribution in [0.3, 0.4) is 0 Å². The van der Waals surface area contributed by atoms with Crippen molar-refractivity contribution in [2.45, 2.75) is 42.9 Å². The quantitative estimate of drug-likeness (QED) is 0.784. The molecule has 2 N–H and O–H groups in total. The smallest absolute Gasteiger partial charge is 0.0341 e. The highest BCUT2D eigenvalue weighted by Gasteiger charge is 2.12. The summed E-state index contributed by atoms with van der Waals surface area (Å²) in [6.07, 6.45) is 2.62. The van der Waals surface area contributed by atoms with Crippen LogP contribution in [0.5, 0.6) is 0 Å². The van der Waals surface area contributed by atoms with E-state index in [-0.39, 0.29) is 0 Å². The van der Waals surface area contributed by atoms with Crippen LogP contribution >= 0.6 is 11.8 Å². The zero-order chi connectivity index (χ0) is 12.1. The molecule has 1 fully saturated rings. The maximum absolute atomic E-state index is 3.50. The minimum atomic E-state index is 0.650. The number of benzene rings is 1. The summed E-state index contributed by atoms with van der Waals surface area (Å²) in [7, 11) is 0. The molecule has 1 aliphatic heterocycles. The van der Waals surface area contributed by atoms with E-state index in [2.05, 4.69) is 48.7 Å². The molecule has 0 radical (unpaired) electrons. The lowest BCUT2D eigenvalue weighted by atomic mass is 10.2. The van der Waals surface area contributed by atoms with Gasteiger partial charge < -0.3 is 10.6 Å². The molecular formula is C14H22N2S. The predicted octanol–water partition coefficient (Wildman–Crippen LogP) is 3.35. The Morgan fingerprint density at radius 3 is 2.71 bits per heavy atom. The number of hydrogen-bond acceptors (Lipinski definition) is 3. The van der Waals surface area contributed by atoms with Gasteiger partial charge in [-0.25, -0.2) is 0 Å². The first-order valence-corrected chi connectivity index (χ1v) is 7.36. The maximum Gasteiger partial charge on any atom is 0.0341 e. The fourth-order valence-electron chi connectivity index (χ4n) is 2.10. The summed E-state index contributed by atoms with van der Waals surface area (Å²) >= 11 is 1.91. The number of rotatable bonds is 5. The lowest BCUT2D eigenvalue weighted by Crippen LogP contribution is -2.29. The number of nitrogens with one attached hydrogen (secondary N) is 2. The van der Waals surface area contributed by atoms with Gasteiger partial charge in [-0.2, -0.15) is 0 Å². The summed E-state index contributed by atoms with van der Waals surface area (Å²) in [5.74, 6) is 0. The molecule has 1 saturated heterocycles. The van der Waals surface area contributed by atoms with E-state index in [0.717, 1.165) is 6.54 Å². The van der Waals surface area contributed by atoms with E-state index < -0.39 is 0 Å². The molecular weight excluding hydrogens is 228 g/mol. The fraction of sp³-hybridized carbons (Fsp3) is 0.571. The van der Waals surface area contributed by atoms with Gasteiger partial charge in [0.15, 0.2) is 0 Å². The molecule has 0 aromatic heterocycles. The summed E-state index contributed by atoms with van der Waals surface area (Å²) in [6, 6.07) is 9.42. The summed E-state index contributed by atoms with van der Waals surface area (Å²) < 4.78 is 0. The number of anilines is 1. The third-order valence-corrected chi connectivity index (χ3v) is 3.96. The predicted molar refractivity (Wildman–Crippen MR) is 76.9 cm³/mol. The first-order chi connectivity index (χ1) is 8.24. The van der Waals surface area contributed by atoms with Crippen molar-refractivity contribution in [2.24, 2.45) is 0 Å². The second kappa shape index (κ2) is 6.31. The zero-order valence-electron chi connectivity index (χ0n) is 10.7. The van der Waals surface area contributed by atoms with E-state index in [1.54, 1.807) is 0 Å². The van der Waals surface area contributed by atoms with Gasteiger partial charge in [-0.05, 0) is 43.7 Å². The topological polar surface area (TPSA) is 24.1 Å². The zero-order valence-corrected chi connectivity index (χ0v) is 11.5. The second-order valence-corrected chi connectivity index (χ2v) is 6.52. The normalized spacial score (nSPS) is 19.8. The molecule has 0 saturated carbocycles. The molecule has 0 spiro atoms. The molecule has 3 heteroatoms. The molecule has 1 unspecified atom stereocenters. The minimum absolute atomic E-state index is 0.650. The van der Waals surface area contributed by atoms with Gasteiger partial charge in [0.05, 0.1) is 0 Å². The summed E-state index contributed by atoms with van der Waals surface area (Å²) in [4.78, 5) is 1.35. The Kier molecular flexibility index (Phi) is 4.75. The largest absolute Gasteiger partial charge is 0.383 e. The van der Waals surface area contributed by atoms with Crippen molar-refractivity contribution >= 4 is 17.4 Å². The molecule has 0 bridgehead atoms. The molecule has 1 aromatic rings. The van der Waals surface area contributed by atoms with Crippen molar-refractivity contribution in [2.75, 3.05) is 18.4 Å². The molecule has 1 aliphatic rings. The van der Waals surface area contributed by atoms with E-state index in [0.29, 0.717) is 11.3 Å². The Labute approximate surface area is 109 Å². The Bertz CT molecular complexity index is 329. The molecule has 0 aliphatic carbocycles. The maximum atomic E-state index is 3.50. The average Bonchev–Trinajstić information content (AvgIpc) is 2.80. The van der Waals surface area contributed by atoms with Crippen LogP contribution < -0.4 is 10.6 Å². The Balaban J connectivity index is 1.80. The van der Waals surface area contributed by atoms with Crippen molar-refractivity contribution < 1.29 is 0 Å². The third-order valence-electron chi connectivity index (χ3n) is 2.94. The van der Waals surface area contributed by atoms with Crippen molar-refractivity contribution in [3.63, 3.8) is 0 Å². The molecule has 2 nitrogen and oxygen atoms in total. The van der Waals surface area contributed by atoms with E-state index in [4.69, 9.17) is 0 Å². The molecule has 1 atom stereocenters. The summed E-state index contributed by atoms with van der Waals surface area (Å²) in [5.41, 5.74) is 1.23. The number of thioether (sulfide) groups is 1. The van der Waals surface area contributed by atoms with Gasteiger partial charge in [-0.3, -0.25) is 0 Å². The van der Waals surface area contributed by atoms with Crippen molar-refractivity contribution in [1.82, 2.24) is 5.32 Å². The van der Waals surface area contributed by atoms with Gasteiger partial charge >= 0.3 is 0 Å². The van der Waals surface area contributed by atoms with E-state index in [1.165, 1.54) is 30.0 Å². The Morgan fingerprint density at radius 2 is 2.12 bits per heavy atom. The van der Waals surface area contributed by atoms with Crippen LogP contribution in [-0.4, -0.2) is 24.4 Å². The second-order valence-electron chi connectivity index (χ2n) is 4.87.